The SMILES string of the molecule is CCC(=O)c1c(-c2ccc(F)cc2)oc2cc(N(CCF)S(C)(=O)=O)c(-c3cccc(C(=O)O)c3)cc12. The molecular weight excluding hydrogens is 504 g/mol. The topological polar surface area (TPSA) is 105 Å². The molecule has 1 heterocycles. The highest BCUT2D eigenvalue weighted by atomic mass is 32.2. The van der Waals surface area contributed by atoms with E-state index in [0.29, 0.717) is 16.5 Å². The monoisotopic (exact) mass is 527 g/mol. The summed E-state index contributed by atoms with van der Waals surface area (Å²) < 4.78 is 59.2. The highest BCUT2D eigenvalue weighted by molar-refractivity contribution is 7.92. The molecule has 0 fully saturated rings. The summed E-state index contributed by atoms with van der Waals surface area (Å²) >= 11 is 0. The van der Waals surface area contributed by atoms with Gasteiger partial charge in [0.2, 0.25) is 10.0 Å². The minimum Gasteiger partial charge on any atom is -0.478 e. The van der Waals surface area contributed by atoms with E-state index in [1.54, 1.807) is 19.1 Å². The lowest BCUT2D eigenvalue weighted by Crippen LogP contribution is -2.32. The first-order valence-electron chi connectivity index (χ1n) is 11.3. The van der Waals surface area contributed by atoms with Gasteiger partial charge < -0.3 is 9.52 Å². The van der Waals surface area contributed by atoms with Gasteiger partial charge in [-0.05, 0) is 48.0 Å². The third-order valence-electron chi connectivity index (χ3n) is 5.89. The first-order valence-corrected chi connectivity index (χ1v) is 13.2. The van der Waals surface area contributed by atoms with E-state index in [0.717, 1.165) is 10.6 Å². The molecule has 3 aromatic carbocycles. The Kier molecular flexibility index (Phi) is 7.13. The third-order valence-corrected chi connectivity index (χ3v) is 7.07. The van der Waals surface area contributed by atoms with Gasteiger partial charge in [0.15, 0.2) is 5.78 Å². The number of benzene rings is 3. The molecule has 0 aliphatic heterocycles. The average molecular weight is 528 g/mol. The minimum absolute atomic E-state index is 0.0380. The molecule has 0 aliphatic rings. The van der Waals surface area contributed by atoms with Crippen LogP contribution < -0.4 is 4.31 Å². The lowest BCUT2D eigenvalue weighted by atomic mass is 9.95. The number of alkyl halides is 1. The fourth-order valence-electron chi connectivity index (χ4n) is 4.19. The summed E-state index contributed by atoms with van der Waals surface area (Å²) in [7, 11) is -3.96. The zero-order valence-corrected chi connectivity index (χ0v) is 20.8. The number of carbonyl (C=O) groups is 2. The highest BCUT2D eigenvalue weighted by Gasteiger charge is 2.27. The number of carboxylic acids is 1. The molecule has 0 amide bonds. The maximum Gasteiger partial charge on any atom is 0.335 e. The Morgan fingerprint density at radius 2 is 1.73 bits per heavy atom. The second-order valence-electron chi connectivity index (χ2n) is 8.37. The number of carboxylic acid groups (broad SMARTS) is 1. The number of rotatable bonds is 9. The standard InChI is InChI=1S/C27H23F2NO6S/c1-3-23(31)25-21-14-20(17-5-4-6-18(13-17)27(32)33)22(30(12-11-28)37(2,34)35)15-24(21)36-26(25)16-7-9-19(29)10-8-16/h4-10,13-15H,3,11-12H2,1-2H3,(H,32,33). The number of halogens is 2. The van der Waals surface area contributed by atoms with Crippen molar-refractivity contribution in [2.45, 2.75) is 13.3 Å². The Labute approximate surface area is 212 Å². The van der Waals surface area contributed by atoms with Crippen molar-refractivity contribution >= 4 is 38.4 Å². The predicted octanol–water partition coefficient (Wildman–Crippen LogP) is 5.93. The molecule has 1 N–H and O–H groups in total. The number of hydrogen-bond donors (Lipinski definition) is 1. The van der Waals surface area contributed by atoms with Crippen LogP contribution in [0.1, 0.15) is 34.1 Å². The lowest BCUT2D eigenvalue weighted by molar-refractivity contribution is 0.0696. The highest BCUT2D eigenvalue weighted by Crippen LogP contribution is 2.42. The Hall–Kier alpha value is -4.05. The van der Waals surface area contributed by atoms with Crippen LogP contribution in [0.4, 0.5) is 14.5 Å². The molecule has 0 radical (unpaired) electrons. The molecule has 4 aromatic rings. The number of anilines is 1. The number of aromatic carboxylic acids is 1. The molecule has 4 rings (SSSR count). The number of ketones is 1. The second-order valence-corrected chi connectivity index (χ2v) is 10.3. The number of carbonyl (C=O) groups excluding carboxylic acids is 1. The first-order chi connectivity index (χ1) is 17.5. The van der Waals surface area contributed by atoms with Crippen LogP contribution in [-0.2, 0) is 10.0 Å². The molecule has 37 heavy (non-hydrogen) atoms. The van der Waals surface area contributed by atoms with Crippen molar-refractivity contribution < 1.29 is 36.3 Å². The quantitative estimate of drug-likeness (QED) is 0.271. The Morgan fingerprint density at radius 1 is 1.03 bits per heavy atom. The third kappa shape index (κ3) is 5.10. The predicted molar refractivity (Wildman–Crippen MR) is 137 cm³/mol. The van der Waals surface area contributed by atoms with Crippen molar-refractivity contribution in [3.05, 3.63) is 77.6 Å². The van der Waals surface area contributed by atoms with E-state index < -0.39 is 35.0 Å². The van der Waals surface area contributed by atoms with Gasteiger partial charge in [-0.25, -0.2) is 22.0 Å². The maximum atomic E-state index is 13.6. The molecule has 1 aromatic heterocycles. The zero-order chi connectivity index (χ0) is 26.9. The van der Waals surface area contributed by atoms with Gasteiger partial charge in [0.05, 0.1) is 29.6 Å². The fourth-order valence-corrected chi connectivity index (χ4v) is 5.10. The van der Waals surface area contributed by atoms with E-state index in [4.69, 9.17) is 4.42 Å². The van der Waals surface area contributed by atoms with E-state index in [1.807, 2.05) is 0 Å². The molecule has 10 heteroatoms. The van der Waals surface area contributed by atoms with Crippen LogP contribution in [0.5, 0.6) is 0 Å². The molecule has 0 atom stereocenters. The zero-order valence-electron chi connectivity index (χ0n) is 20.0. The molecule has 0 spiro atoms. The van der Waals surface area contributed by atoms with Crippen LogP contribution in [0, 0.1) is 5.82 Å². The van der Waals surface area contributed by atoms with E-state index in [1.165, 1.54) is 48.5 Å². The minimum atomic E-state index is -3.96. The Balaban J connectivity index is 2.11. The van der Waals surface area contributed by atoms with Crippen molar-refractivity contribution in [3.63, 3.8) is 0 Å². The van der Waals surface area contributed by atoms with Crippen molar-refractivity contribution in [1.82, 2.24) is 0 Å². The second kappa shape index (κ2) is 10.1. The summed E-state index contributed by atoms with van der Waals surface area (Å²) in [6.45, 7) is 0.217. The van der Waals surface area contributed by atoms with E-state index in [9.17, 15) is 31.9 Å². The Bertz CT molecular complexity index is 1610. The van der Waals surface area contributed by atoms with Gasteiger partial charge in [0.25, 0.3) is 0 Å². The summed E-state index contributed by atoms with van der Waals surface area (Å²) in [5.74, 6) is -1.74. The Morgan fingerprint density at radius 3 is 2.32 bits per heavy atom. The number of nitrogens with zero attached hydrogens (tertiary/aromatic N) is 1. The van der Waals surface area contributed by atoms with E-state index in [-0.39, 0.29) is 45.9 Å². The van der Waals surface area contributed by atoms with Crippen molar-refractivity contribution in [1.29, 1.82) is 0 Å². The van der Waals surface area contributed by atoms with Gasteiger partial charge in [-0.15, -0.1) is 0 Å². The molecule has 0 saturated carbocycles. The number of furan rings is 1. The molecular formula is C27H23F2NO6S. The summed E-state index contributed by atoms with van der Waals surface area (Å²) in [6, 6.07) is 14.2. The largest absolute Gasteiger partial charge is 0.478 e. The summed E-state index contributed by atoms with van der Waals surface area (Å²) in [5, 5.41) is 9.84. The van der Waals surface area contributed by atoms with Crippen LogP contribution in [0.15, 0.2) is 65.1 Å². The molecule has 7 nitrogen and oxygen atoms in total. The maximum absolute atomic E-state index is 13.6. The van der Waals surface area contributed by atoms with Crippen LogP contribution in [0.25, 0.3) is 33.4 Å². The molecule has 0 saturated heterocycles. The first kappa shape index (κ1) is 26.0. The molecule has 0 bridgehead atoms. The molecule has 192 valence electrons. The molecule has 0 aliphatic carbocycles. The van der Waals surface area contributed by atoms with Crippen LogP contribution in [0.3, 0.4) is 0 Å². The van der Waals surface area contributed by atoms with E-state index in [2.05, 4.69) is 0 Å². The normalized spacial score (nSPS) is 11.6. The van der Waals surface area contributed by atoms with Crippen LogP contribution >= 0.6 is 0 Å². The number of hydrogen-bond acceptors (Lipinski definition) is 5. The smallest absolute Gasteiger partial charge is 0.335 e. The number of fused-ring (bicyclic) bond motifs is 1. The van der Waals surface area contributed by atoms with Gasteiger partial charge >= 0.3 is 5.97 Å². The summed E-state index contributed by atoms with van der Waals surface area (Å²) in [5.41, 5.74) is 1.47. The van der Waals surface area contributed by atoms with Gasteiger partial charge in [0, 0.05) is 29.0 Å². The fraction of sp³-hybridized carbons (Fsp3) is 0.185. The van der Waals surface area contributed by atoms with E-state index >= 15 is 0 Å². The summed E-state index contributed by atoms with van der Waals surface area (Å²) in [4.78, 5) is 24.7. The van der Waals surface area contributed by atoms with Crippen LogP contribution in [-0.4, -0.2) is 44.8 Å². The average Bonchev–Trinajstić information content (AvgIpc) is 3.24. The van der Waals surface area contributed by atoms with Gasteiger partial charge in [0.1, 0.15) is 23.8 Å². The van der Waals surface area contributed by atoms with Gasteiger partial charge in [-0.3, -0.25) is 9.10 Å². The number of Topliss-reactive ketones (excluding diaryl/α,β-unsaturated/α-hetero) is 1. The van der Waals surface area contributed by atoms with Crippen molar-refractivity contribution in [2.24, 2.45) is 0 Å². The van der Waals surface area contributed by atoms with Gasteiger partial charge in [-0.2, -0.15) is 0 Å². The lowest BCUT2D eigenvalue weighted by Gasteiger charge is -2.24. The van der Waals surface area contributed by atoms with Crippen molar-refractivity contribution in [2.75, 3.05) is 23.8 Å². The van der Waals surface area contributed by atoms with Gasteiger partial charge in [-0.1, -0.05) is 19.1 Å². The number of sulfonamides is 1. The van der Waals surface area contributed by atoms with Crippen molar-refractivity contribution in [3.8, 4) is 22.5 Å². The molecule has 0 unspecified atom stereocenters. The summed E-state index contributed by atoms with van der Waals surface area (Å²) in [6.07, 6.45) is 1.06. The van der Waals surface area contributed by atoms with Crippen LogP contribution in [0.2, 0.25) is 0 Å².